The Balaban J connectivity index is 1.84. The minimum atomic E-state index is -0.263. The van der Waals surface area contributed by atoms with Crippen molar-refractivity contribution in [2.24, 2.45) is 5.73 Å². The summed E-state index contributed by atoms with van der Waals surface area (Å²) in [4.78, 5) is 0. The van der Waals surface area contributed by atoms with Crippen LogP contribution in [-0.2, 0) is 0 Å². The van der Waals surface area contributed by atoms with E-state index in [-0.39, 0.29) is 5.28 Å². The number of hydrogen-bond donors (Lipinski definition) is 1. The van der Waals surface area contributed by atoms with Gasteiger partial charge in [0.15, 0.2) is 0 Å². The zero-order chi connectivity index (χ0) is 15.9. The first-order valence-electron chi connectivity index (χ1n) is 8.59. The van der Waals surface area contributed by atoms with Crippen LogP contribution < -0.4 is 5.73 Å². The zero-order valence-electron chi connectivity index (χ0n) is 13.4. The van der Waals surface area contributed by atoms with E-state index >= 15 is 0 Å². The summed E-state index contributed by atoms with van der Waals surface area (Å²) in [5.41, 5.74) is 12.3. The summed E-state index contributed by atoms with van der Waals surface area (Å²) < 4.78 is 0. The molecule has 2 aliphatic rings. The zero-order valence-corrected chi connectivity index (χ0v) is 14.6. The average Bonchev–Trinajstić information content (AvgIpc) is 2.64. The lowest BCUT2D eigenvalue weighted by atomic mass is 9.68. The second-order valence-corrected chi connectivity index (χ2v) is 8.09. The molecule has 0 radical (unpaired) electrons. The number of rotatable bonds is 0. The van der Waals surface area contributed by atoms with E-state index in [0.717, 1.165) is 19.3 Å². The first-order chi connectivity index (χ1) is 11.2. The Morgan fingerprint density at radius 3 is 2.09 bits per heavy atom. The van der Waals surface area contributed by atoms with Gasteiger partial charge in [-0.2, -0.15) is 0 Å². The fourth-order valence-electron chi connectivity index (χ4n) is 4.35. The van der Waals surface area contributed by atoms with E-state index in [1.54, 1.807) is 0 Å². The molecule has 118 valence electrons. The third-order valence-electron chi connectivity index (χ3n) is 5.46. The van der Waals surface area contributed by atoms with Gasteiger partial charge in [0.2, 0.25) is 0 Å². The third kappa shape index (κ3) is 2.77. The first kappa shape index (κ1) is 15.1. The van der Waals surface area contributed by atoms with Crippen LogP contribution in [0, 0.1) is 0 Å². The number of allylic oxidation sites excluding steroid dienone is 1. The molecule has 23 heavy (non-hydrogen) atoms. The van der Waals surface area contributed by atoms with E-state index in [1.165, 1.54) is 28.7 Å². The molecule has 0 aromatic heterocycles. The van der Waals surface area contributed by atoms with Gasteiger partial charge in [-0.25, -0.2) is 0 Å². The number of fused-ring (bicyclic) bond motifs is 6. The van der Waals surface area contributed by atoms with Crippen molar-refractivity contribution in [2.45, 2.75) is 42.8 Å². The summed E-state index contributed by atoms with van der Waals surface area (Å²) in [6.07, 6.45) is 8.91. The van der Waals surface area contributed by atoms with Crippen LogP contribution in [-0.4, -0.2) is 5.28 Å². The van der Waals surface area contributed by atoms with E-state index in [9.17, 15) is 0 Å². The number of benzene rings is 2. The largest absolute Gasteiger partial charge is 0.319 e. The number of nitrogens with two attached hydrogens (primary N) is 1. The van der Waals surface area contributed by atoms with E-state index in [4.69, 9.17) is 5.73 Å². The molecule has 2 aliphatic carbocycles. The standard InChI is InChI=1S/C21H24NP/c22-21(23)13-6-5-11-19-17-9-2-1-7-15(17)16-8-3-4-10-18(16)20(19)12-14-21/h1-4,6-10,13,19-20H,5,11-12,14,22-23H2/b13-6-. The molecule has 0 aliphatic heterocycles. The lowest BCUT2D eigenvalue weighted by molar-refractivity contribution is 0.453. The average molecular weight is 321 g/mol. The van der Waals surface area contributed by atoms with Crippen molar-refractivity contribution < 1.29 is 0 Å². The highest BCUT2D eigenvalue weighted by Gasteiger charge is 2.34. The van der Waals surface area contributed by atoms with Crippen molar-refractivity contribution in [1.82, 2.24) is 0 Å². The Hall–Kier alpha value is -1.43. The van der Waals surface area contributed by atoms with Crippen molar-refractivity contribution in [1.29, 1.82) is 0 Å². The molecule has 2 N–H and O–H groups in total. The van der Waals surface area contributed by atoms with Gasteiger partial charge in [-0.05, 0) is 59.8 Å². The molecule has 2 aromatic carbocycles. The molecule has 0 fully saturated rings. The Kier molecular flexibility index (Phi) is 3.87. The molecule has 4 unspecified atom stereocenters. The highest BCUT2D eigenvalue weighted by Crippen LogP contribution is 2.51. The maximum atomic E-state index is 6.43. The molecule has 2 aromatic rings. The molecular formula is C21H24NP. The third-order valence-corrected chi connectivity index (χ3v) is 5.94. The molecule has 0 spiro atoms. The van der Waals surface area contributed by atoms with Crippen molar-refractivity contribution in [3.05, 3.63) is 71.8 Å². The maximum Gasteiger partial charge on any atom is 0.0481 e. The molecule has 0 bridgehead atoms. The minimum Gasteiger partial charge on any atom is -0.319 e. The Labute approximate surface area is 141 Å². The van der Waals surface area contributed by atoms with Crippen LogP contribution in [0.5, 0.6) is 0 Å². The van der Waals surface area contributed by atoms with Crippen molar-refractivity contribution in [2.75, 3.05) is 0 Å². The summed E-state index contributed by atoms with van der Waals surface area (Å²) in [5.74, 6) is 1.18. The summed E-state index contributed by atoms with van der Waals surface area (Å²) in [5, 5.41) is -0.263. The van der Waals surface area contributed by atoms with Crippen molar-refractivity contribution in [3.63, 3.8) is 0 Å². The maximum absolute atomic E-state index is 6.43. The van der Waals surface area contributed by atoms with Crippen molar-refractivity contribution >= 4 is 9.24 Å². The molecule has 4 rings (SSSR count). The van der Waals surface area contributed by atoms with Crippen LogP contribution in [0.25, 0.3) is 11.1 Å². The molecular weight excluding hydrogens is 297 g/mol. The van der Waals surface area contributed by atoms with Gasteiger partial charge >= 0.3 is 0 Å². The van der Waals surface area contributed by atoms with Crippen LogP contribution in [0.1, 0.15) is 48.6 Å². The van der Waals surface area contributed by atoms with Gasteiger partial charge in [-0.1, -0.05) is 60.7 Å². The molecule has 0 heterocycles. The van der Waals surface area contributed by atoms with Gasteiger partial charge in [-0.3, -0.25) is 0 Å². The summed E-state index contributed by atoms with van der Waals surface area (Å²) in [6, 6.07) is 17.9. The van der Waals surface area contributed by atoms with Gasteiger partial charge in [0, 0.05) is 5.28 Å². The first-order valence-corrected chi connectivity index (χ1v) is 9.17. The molecule has 2 heteroatoms. The van der Waals surface area contributed by atoms with Gasteiger partial charge < -0.3 is 5.73 Å². The Morgan fingerprint density at radius 2 is 1.43 bits per heavy atom. The second kappa shape index (κ2) is 5.89. The molecule has 4 atom stereocenters. The van der Waals surface area contributed by atoms with Gasteiger partial charge in [0.25, 0.3) is 0 Å². The van der Waals surface area contributed by atoms with Crippen LogP contribution in [0.15, 0.2) is 60.7 Å². The van der Waals surface area contributed by atoms with Crippen molar-refractivity contribution in [3.8, 4) is 11.1 Å². The smallest absolute Gasteiger partial charge is 0.0481 e. The quantitative estimate of drug-likeness (QED) is 0.524. The predicted molar refractivity (Wildman–Crippen MR) is 102 cm³/mol. The molecule has 0 amide bonds. The summed E-state index contributed by atoms with van der Waals surface area (Å²) >= 11 is 0. The fourth-order valence-corrected chi connectivity index (χ4v) is 4.65. The lowest BCUT2D eigenvalue weighted by Gasteiger charge is -2.36. The van der Waals surface area contributed by atoms with Gasteiger partial charge in [0.05, 0.1) is 0 Å². The topological polar surface area (TPSA) is 26.0 Å². The van der Waals surface area contributed by atoms with Gasteiger partial charge in [-0.15, -0.1) is 9.24 Å². The Bertz CT molecular complexity index is 747. The molecule has 0 saturated heterocycles. The minimum absolute atomic E-state index is 0.263. The SMILES string of the molecule is NC1(P)/C=C\CCC2c3ccccc3-c3ccccc3C2CC1. The predicted octanol–water partition coefficient (Wildman–Crippen LogP) is 5.19. The van der Waals surface area contributed by atoms with Crippen LogP contribution >= 0.6 is 9.24 Å². The fraction of sp³-hybridized carbons (Fsp3) is 0.333. The van der Waals surface area contributed by atoms with Crippen LogP contribution in [0.3, 0.4) is 0 Å². The lowest BCUT2D eigenvalue weighted by Crippen LogP contribution is -2.30. The second-order valence-electron chi connectivity index (χ2n) is 7.02. The van der Waals surface area contributed by atoms with Gasteiger partial charge in [0.1, 0.15) is 0 Å². The Morgan fingerprint density at radius 1 is 0.870 bits per heavy atom. The van der Waals surface area contributed by atoms with E-state index in [0.29, 0.717) is 11.8 Å². The summed E-state index contributed by atoms with van der Waals surface area (Å²) in [7, 11) is 2.84. The van der Waals surface area contributed by atoms with E-state index in [2.05, 4.69) is 69.9 Å². The highest BCUT2D eigenvalue weighted by atomic mass is 31.0. The molecule has 0 saturated carbocycles. The normalized spacial score (nSPS) is 30.9. The molecule has 1 nitrogen and oxygen atoms in total. The summed E-state index contributed by atoms with van der Waals surface area (Å²) in [6.45, 7) is 0. The monoisotopic (exact) mass is 321 g/mol. The van der Waals surface area contributed by atoms with Crippen LogP contribution in [0.2, 0.25) is 0 Å². The number of hydrogen-bond acceptors (Lipinski definition) is 1. The van der Waals surface area contributed by atoms with E-state index < -0.39 is 0 Å². The van der Waals surface area contributed by atoms with E-state index in [1.807, 2.05) is 0 Å². The van der Waals surface area contributed by atoms with Crippen LogP contribution in [0.4, 0.5) is 0 Å². The highest BCUT2D eigenvalue weighted by molar-refractivity contribution is 7.19.